The van der Waals surface area contributed by atoms with Crippen molar-refractivity contribution in [3.05, 3.63) is 53.5 Å². The van der Waals surface area contributed by atoms with E-state index in [1.165, 1.54) is 12.1 Å². The predicted molar refractivity (Wildman–Crippen MR) is 142 cm³/mol. The lowest BCUT2D eigenvalue weighted by molar-refractivity contribution is -0.167. The molecule has 2 fully saturated rings. The summed E-state index contributed by atoms with van der Waals surface area (Å²) in [5.41, 5.74) is 0.533. The number of phenolic OH excluding ortho intramolecular Hbond substituents is 1. The summed E-state index contributed by atoms with van der Waals surface area (Å²) in [4.78, 5) is 16.1. The number of anilines is 1. The van der Waals surface area contributed by atoms with Crippen molar-refractivity contribution in [2.24, 2.45) is 0 Å². The van der Waals surface area contributed by atoms with Gasteiger partial charge in [-0.25, -0.2) is 18.7 Å². The quantitative estimate of drug-likeness (QED) is 0.380. The number of aryl methyl sites for hydroxylation is 1. The molecule has 0 aliphatic carbocycles. The van der Waals surface area contributed by atoms with Gasteiger partial charge in [0.25, 0.3) is 0 Å². The fourth-order valence-corrected chi connectivity index (χ4v) is 5.49. The second kappa shape index (κ2) is 9.39. The van der Waals surface area contributed by atoms with Gasteiger partial charge in [-0.2, -0.15) is 0 Å². The zero-order valence-electron chi connectivity index (χ0n) is 21.7. The maximum atomic E-state index is 16.5. The largest absolute Gasteiger partial charge is 0.508 e. The van der Waals surface area contributed by atoms with Gasteiger partial charge in [0.2, 0.25) is 0 Å². The Hall–Kier alpha value is -3.43. The number of halogens is 2. The Balaban J connectivity index is 1.58. The third-order valence-corrected chi connectivity index (χ3v) is 7.57. The Kier molecular flexibility index (Phi) is 6.15. The molecule has 0 bridgehead atoms. The molecule has 2 aromatic heterocycles. The molecule has 38 heavy (non-hydrogen) atoms. The topological polar surface area (TPSA) is 80.6 Å². The van der Waals surface area contributed by atoms with Crippen LogP contribution in [0.5, 0.6) is 5.75 Å². The standard InChI is InChI=1S/C29H30F2N4O3/c1-4-19-22(30)6-5-17-11-18(36)12-20(23(17)19)25-24(31)26-21(13-32-25)28(34-27(33-26)16(2)3)35-8-10-37-15-29(14-35)7-9-38-29/h5-6,11-13,16,36H,4,7-10,14-15H2,1-3H3. The van der Waals surface area contributed by atoms with E-state index in [1.807, 2.05) is 20.8 Å². The van der Waals surface area contributed by atoms with Crippen molar-refractivity contribution in [1.82, 2.24) is 15.0 Å². The number of rotatable bonds is 4. The predicted octanol–water partition coefficient (Wildman–Crippen LogP) is 5.51. The summed E-state index contributed by atoms with van der Waals surface area (Å²) < 4.78 is 43.0. The number of fused-ring (bicyclic) bond motifs is 2. The zero-order valence-corrected chi connectivity index (χ0v) is 21.7. The van der Waals surface area contributed by atoms with E-state index in [-0.39, 0.29) is 28.7 Å². The van der Waals surface area contributed by atoms with Crippen molar-refractivity contribution in [2.75, 3.05) is 37.8 Å². The Morgan fingerprint density at radius 1 is 1.16 bits per heavy atom. The minimum atomic E-state index is -0.632. The lowest BCUT2D eigenvalue weighted by atomic mass is 9.94. The number of pyridine rings is 1. The van der Waals surface area contributed by atoms with Crippen molar-refractivity contribution in [3.63, 3.8) is 0 Å². The Labute approximate surface area is 219 Å². The molecule has 1 unspecified atom stereocenters. The molecule has 1 atom stereocenters. The summed E-state index contributed by atoms with van der Waals surface area (Å²) in [5, 5.41) is 12.1. The van der Waals surface area contributed by atoms with Crippen LogP contribution >= 0.6 is 0 Å². The Morgan fingerprint density at radius 2 is 1.97 bits per heavy atom. The molecule has 6 rings (SSSR count). The number of ether oxygens (including phenoxy) is 2. The number of benzene rings is 2. The molecule has 4 heterocycles. The van der Waals surface area contributed by atoms with E-state index in [1.54, 1.807) is 18.3 Å². The van der Waals surface area contributed by atoms with Gasteiger partial charge in [0, 0.05) is 30.6 Å². The fourth-order valence-electron chi connectivity index (χ4n) is 5.49. The average molecular weight is 521 g/mol. The van der Waals surface area contributed by atoms with Crippen LogP contribution in [0.15, 0.2) is 30.5 Å². The third kappa shape index (κ3) is 4.05. The van der Waals surface area contributed by atoms with Gasteiger partial charge in [0.05, 0.1) is 31.8 Å². The van der Waals surface area contributed by atoms with E-state index >= 15 is 4.39 Å². The molecule has 9 heteroatoms. The fraction of sp³-hybridized carbons (Fsp3) is 0.414. The van der Waals surface area contributed by atoms with Gasteiger partial charge in [0.15, 0.2) is 5.82 Å². The first kappa shape index (κ1) is 24.9. The number of aromatic nitrogens is 3. The number of aromatic hydroxyl groups is 1. The van der Waals surface area contributed by atoms with E-state index in [0.29, 0.717) is 78.3 Å². The first-order valence-corrected chi connectivity index (χ1v) is 13.1. The number of phenols is 1. The summed E-state index contributed by atoms with van der Waals surface area (Å²) >= 11 is 0. The third-order valence-electron chi connectivity index (χ3n) is 7.57. The van der Waals surface area contributed by atoms with Crippen molar-refractivity contribution >= 4 is 27.5 Å². The summed E-state index contributed by atoms with van der Waals surface area (Å²) in [6, 6.07) is 5.94. The van der Waals surface area contributed by atoms with Crippen LogP contribution in [-0.4, -0.2) is 58.6 Å². The molecule has 0 amide bonds. The molecule has 1 spiro atoms. The van der Waals surface area contributed by atoms with Gasteiger partial charge < -0.3 is 19.5 Å². The maximum Gasteiger partial charge on any atom is 0.175 e. The van der Waals surface area contributed by atoms with Crippen LogP contribution in [0.25, 0.3) is 32.9 Å². The molecular formula is C29H30F2N4O3. The summed E-state index contributed by atoms with van der Waals surface area (Å²) in [5.74, 6) is -0.00323. The first-order valence-electron chi connectivity index (χ1n) is 13.1. The lowest BCUT2D eigenvalue weighted by Gasteiger charge is -2.43. The van der Waals surface area contributed by atoms with Crippen LogP contribution in [0.2, 0.25) is 0 Å². The SMILES string of the molecule is CCc1c(F)ccc2cc(O)cc(-c3ncc4c(N5CCOCC6(CCO6)C5)nc(C(C)C)nc4c3F)c12. The number of hydrogen-bond acceptors (Lipinski definition) is 7. The van der Waals surface area contributed by atoms with Gasteiger partial charge in [-0.1, -0.05) is 26.8 Å². The van der Waals surface area contributed by atoms with E-state index in [4.69, 9.17) is 14.5 Å². The summed E-state index contributed by atoms with van der Waals surface area (Å²) in [7, 11) is 0. The lowest BCUT2D eigenvalue weighted by Crippen LogP contribution is -2.54. The molecule has 0 saturated carbocycles. The molecule has 2 aliphatic heterocycles. The van der Waals surface area contributed by atoms with Crippen molar-refractivity contribution in [2.45, 2.75) is 45.1 Å². The highest BCUT2D eigenvalue weighted by molar-refractivity contribution is 6.01. The molecule has 2 saturated heterocycles. The van der Waals surface area contributed by atoms with Crippen LogP contribution in [-0.2, 0) is 15.9 Å². The zero-order chi connectivity index (χ0) is 26.6. The van der Waals surface area contributed by atoms with Gasteiger partial charge in [0.1, 0.15) is 40.0 Å². The first-order chi connectivity index (χ1) is 18.3. The molecule has 2 aliphatic rings. The number of hydrogen-bond donors (Lipinski definition) is 1. The van der Waals surface area contributed by atoms with Gasteiger partial charge in [-0.3, -0.25) is 4.98 Å². The van der Waals surface area contributed by atoms with Gasteiger partial charge in [-0.05, 0) is 41.0 Å². The highest BCUT2D eigenvalue weighted by Gasteiger charge is 2.42. The van der Waals surface area contributed by atoms with E-state index in [0.717, 1.165) is 6.42 Å². The highest BCUT2D eigenvalue weighted by atomic mass is 19.1. The van der Waals surface area contributed by atoms with Crippen LogP contribution in [0, 0.1) is 11.6 Å². The van der Waals surface area contributed by atoms with Crippen LogP contribution in [0.3, 0.4) is 0 Å². The van der Waals surface area contributed by atoms with Crippen LogP contribution in [0.1, 0.15) is 44.5 Å². The minimum absolute atomic E-state index is 0.0102. The number of nitrogens with zero attached hydrogens (tertiary/aromatic N) is 4. The van der Waals surface area contributed by atoms with E-state index < -0.39 is 11.4 Å². The van der Waals surface area contributed by atoms with Crippen LogP contribution in [0.4, 0.5) is 14.6 Å². The van der Waals surface area contributed by atoms with Crippen LogP contribution < -0.4 is 4.90 Å². The maximum absolute atomic E-state index is 16.5. The minimum Gasteiger partial charge on any atom is -0.508 e. The van der Waals surface area contributed by atoms with Gasteiger partial charge in [-0.15, -0.1) is 0 Å². The average Bonchev–Trinajstić information content (AvgIpc) is 3.12. The molecule has 1 N–H and O–H groups in total. The molecule has 2 aromatic carbocycles. The van der Waals surface area contributed by atoms with Crippen molar-refractivity contribution in [3.8, 4) is 17.0 Å². The summed E-state index contributed by atoms with van der Waals surface area (Å²) in [6.45, 7) is 8.64. The monoisotopic (exact) mass is 520 g/mol. The molecule has 198 valence electrons. The molecule has 0 radical (unpaired) electrons. The second-order valence-electron chi connectivity index (χ2n) is 10.5. The van der Waals surface area contributed by atoms with E-state index in [9.17, 15) is 9.50 Å². The summed E-state index contributed by atoms with van der Waals surface area (Å²) in [6.07, 6.45) is 2.87. The second-order valence-corrected chi connectivity index (χ2v) is 10.5. The molecule has 7 nitrogen and oxygen atoms in total. The highest BCUT2D eigenvalue weighted by Crippen LogP contribution is 2.39. The van der Waals surface area contributed by atoms with Crippen molar-refractivity contribution < 1.29 is 23.4 Å². The van der Waals surface area contributed by atoms with E-state index in [2.05, 4.69) is 14.9 Å². The normalized spacial score (nSPS) is 19.9. The molecular weight excluding hydrogens is 490 g/mol. The van der Waals surface area contributed by atoms with Crippen molar-refractivity contribution in [1.29, 1.82) is 0 Å². The smallest absolute Gasteiger partial charge is 0.175 e. The Bertz CT molecular complexity index is 1550. The molecule has 4 aromatic rings. The van der Waals surface area contributed by atoms with Gasteiger partial charge >= 0.3 is 0 Å². The Morgan fingerprint density at radius 3 is 2.68 bits per heavy atom.